The third kappa shape index (κ3) is 4.82. The average molecular weight is 437 g/mol. The monoisotopic (exact) mass is 435 g/mol. The van der Waals surface area contributed by atoms with Crippen molar-refractivity contribution in [2.45, 2.75) is 24.8 Å². The molecule has 0 atom stereocenters. The van der Waals surface area contributed by atoms with Crippen molar-refractivity contribution in [2.24, 2.45) is 0 Å². The number of esters is 1. The molecule has 0 N–H and O–H groups in total. The van der Waals surface area contributed by atoms with Crippen LogP contribution < -0.4 is 4.31 Å². The normalized spacial score (nSPS) is 11.5. The molecule has 0 amide bonds. The topological polar surface area (TPSA) is 63.7 Å². The minimum absolute atomic E-state index is 0.0244. The highest BCUT2D eigenvalue weighted by molar-refractivity contribution is 7.93. The summed E-state index contributed by atoms with van der Waals surface area (Å²) in [6, 6.07) is 10.3. The number of anilines is 1. The van der Waals surface area contributed by atoms with Crippen LogP contribution in [-0.2, 0) is 19.6 Å². The van der Waals surface area contributed by atoms with Gasteiger partial charge in [-0.05, 0) is 44.2 Å². The molecule has 2 aromatic carbocycles. The lowest BCUT2D eigenvalue weighted by Crippen LogP contribution is -2.37. The Labute approximate surface area is 167 Å². The van der Waals surface area contributed by atoms with Crippen LogP contribution in [0, 0.1) is 0 Å². The van der Waals surface area contributed by atoms with Crippen molar-refractivity contribution in [1.29, 1.82) is 0 Å². The zero-order valence-corrected chi connectivity index (χ0v) is 17.0. The Bertz CT molecular complexity index is 916. The fourth-order valence-corrected chi connectivity index (χ4v) is 4.62. The van der Waals surface area contributed by atoms with Crippen LogP contribution in [0.4, 0.5) is 5.69 Å². The van der Waals surface area contributed by atoms with E-state index in [1.54, 1.807) is 26.0 Å². The number of sulfonamides is 1. The van der Waals surface area contributed by atoms with E-state index in [9.17, 15) is 13.2 Å². The van der Waals surface area contributed by atoms with E-state index in [-0.39, 0.29) is 25.7 Å². The van der Waals surface area contributed by atoms with Gasteiger partial charge in [0, 0.05) is 5.02 Å². The van der Waals surface area contributed by atoms with E-state index in [4.69, 9.17) is 39.5 Å². The Balaban J connectivity index is 2.57. The predicted octanol–water partition coefficient (Wildman–Crippen LogP) is 4.79. The Morgan fingerprint density at radius 2 is 1.73 bits per heavy atom. The maximum absolute atomic E-state index is 13.2. The van der Waals surface area contributed by atoms with E-state index in [0.717, 1.165) is 4.31 Å². The first-order chi connectivity index (χ1) is 12.1. The third-order valence-corrected chi connectivity index (χ3v) is 6.02. The maximum atomic E-state index is 13.2. The van der Waals surface area contributed by atoms with Crippen LogP contribution in [-0.4, -0.2) is 27.0 Å². The largest absolute Gasteiger partial charge is 0.462 e. The lowest BCUT2D eigenvalue weighted by atomic mass is 10.3. The molecule has 2 rings (SSSR count). The minimum Gasteiger partial charge on any atom is -0.462 e. The van der Waals surface area contributed by atoms with E-state index in [0.29, 0.717) is 0 Å². The van der Waals surface area contributed by atoms with Gasteiger partial charge in [-0.3, -0.25) is 9.10 Å². The smallest absolute Gasteiger partial charge is 0.327 e. The van der Waals surface area contributed by atoms with Gasteiger partial charge in [0.2, 0.25) is 0 Å². The Morgan fingerprint density at radius 1 is 1.08 bits per heavy atom. The first-order valence-corrected chi connectivity index (χ1v) is 10.1. The highest BCUT2D eigenvalue weighted by Crippen LogP contribution is 2.33. The molecule has 0 saturated carbocycles. The second-order valence-corrected chi connectivity index (χ2v) is 8.66. The number of ether oxygens (including phenoxy) is 1. The number of rotatable bonds is 6. The standard InChI is InChI=1S/C17H16Cl3NO4S/c1-11(2)25-17(22)10-21(15-6-4-3-5-13(15)19)26(23,24)16-9-12(18)7-8-14(16)20/h3-9,11H,10H2,1-2H3. The molecule has 9 heteroatoms. The molecular formula is C17H16Cl3NO4S. The number of hydrogen-bond donors (Lipinski definition) is 0. The molecule has 2 aromatic rings. The molecule has 0 aliphatic carbocycles. The van der Waals surface area contributed by atoms with Crippen LogP contribution in [0.25, 0.3) is 0 Å². The van der Waals surface area contributed by atoms with E-state index in [2.05, 4.69) is 0 Å². The van der Waals surface area contributed by atoms with Crippen molar-refractivity contribution >= 4 is 56.5 Å². The Kier molecular flexibility index (Phi) is 6.80. The molecule has 0 unspecified atom stereocenters. The van der Waals surface area contributed by atoms with Crippen LogP contribution in [0.5, 0.6) is 0 Å². The number of carbonyl (C=O) groups excluding carboxylic acids is 1. The predicted molar refractivity (Wildman–Crippen MR) is 104 cm³/mol. The summed E-state index contributed by atoms with van der Waals surface area (Å²) in [5, 5.41) is 0.326. The first kappa shape index (κ1) is 20.8. The van der Waals surface area contributed by atoms with Crippen LogP contribution in [0.15, 0.2) is 47.4 Å². The summed E-state index contributed by atoms with van der Waals surface area (Å²) < 4.78 is 32.3. The Morgan fingerprint density at radius 3 is 2.35 bits per heavy atom. The van der Waals surface area contributed by atoms with E-state index < -0.39 is 28.6 Å². The van der Waals surface area contributed by atoms with Gasteiger partial charge in [0.1, 0.15) is 11.4 Å². The van der Waals surface area contributed by atoms with Crippen LogP contribution in [0.3, 0.4) is 0 Å². The van der Waals surface area contributed by atoms with Crippen LogP contribution in [0.2, 0.25) is 15.1 Å². The van der Waals surface area contributed by atoms with Gasteiger partial charge in [-0.2, -0.15) is 0 Å². The molecule has 0 aromatic heterocycles. The van der Waals surface area contributed by atoms with Gasteiger partial charge in [-0.25, -0.2) is 8.42 Å². The maximum Gasteiger partial charge on any atom is 0.327 e. The van der Waals surface area contributed by atoms with Crippen molar-refractivity contribution in [3.8, 4) is 0 Å². The lowest BCUT2D eigenvalue weighted by molar-refractivity contribution is -0.145. The number of nitrogens with zero attached hydrogens (tertiary/aromatic N) is 1. The van der Waals surface area contributed by atoms with Crippen molar-refractivity contribution in [3.63, 3.8) is 0 Å². The van der Waals surface area contributed by atoms with Crippen molar-refractivity contribution < 1.29 is 17.9 Å². The van der Waals surface area contributed by atoms with Crippen molar-refractivity contribution in [2.75, 3.05) is 10.8 Å². The molecule has 0 heterocycles. The second kappa shape index (κ2) is 8.48. The highest BCUT2D eigenvalue weighted by Gasteiger charge is 2.31. The van der Waals surface area contributed by atoms with Gasteiger partial charge in [0.15, 0.2) is 0 Å². The van der Waals surface area contributed by atoms with Gasteiger partial charge >= 0.3 is 5.97 Å². The number of carbonyl (C=O) groups is 1. The van der Waals surface area contributed by atoms with Gasteiger partial charge in [0.05, 0.1) is 21.8 Å². The van der Waals surface area contributed by atoms with E-state index >= 15 is 0 Å². The molecule has 0 bridgehead atoms. The first-order valence-electron chi connectivity index (χ1n) is 7.54. The molecule has 5 nitrogen and oxygen atoms in total. The summed E-state index contributed by atoms with van der Waals surface area (Å²) in [5.74, 6) is -0.721. The molecule has 0 fully saturated rings. The van der Waals surface area contributed by atoms with Crippen LogP contribution >= 0.6 is 34.8 Å². The highest BCUT2D eigenvalue weighted by atomic mass is 35.5. The summed E-state index contributed by atoms with van der Waals surface area (Å²) in [5.41, 5.74) is 0.130. The molecule has 0 aliphatic rings. The van der Waals surface area contributed by atoms with Gasteiger partial charge in [-0.1, -0.05) is 46.9 Å². The number of halogens is 3. The number of benzene rings is 2. The fraction of sp³-hybridized carbons (Fsp3) is 0.235. The van der Waals surface area contributed by atoms with Gasteiger partial charge in [-0.15, -0.1) is 0 Å². The molecule has 0 aliphatic heterocycles. The fourth-order valence-electron chi connectivity index (χ4n) is 2.16. The number of hydrogen-bond acceptors (Lipinski definition) is 4. The minimum atomic E-state index is -4.23. The van der Waals surface area contributed by atoms with Gasteiger partial charge < -0.3 is 4.74 Å². The van der Waals surface area contributed by atoms with E-state index in [1.807, 2.05) is 0 Å². The van der Waals surface area contributed by atoms with Gasteiger partial charge in [0.25, 0.3) is 10.0 Å². The molecule has 0 saturated heterocycles. The SMILES string of the molecule is CC(C)OC(=O)CN(c1ccccc1Cl)S(=O)(=O)c1cc(Cl)ccc1Cl. The third-order valence-electron chi connectivity index (χ3n) is 3.22. The molecule has 0 radical (unpaired) electrons. The summed E-state index contributed by atoms with van der Waals surface area (Å²) in [6.07, 6.45) is -0.395. The molecule has 0 spiro atoms. The average Bonchev–Trinajstić information content (AvgIpc) is 2.55. The Hall–Kier alpha value is -1.47. The molecular weight excluding hydrogens is 421 g/mol. The summed E-state index contributed by atoms with van der Waals surface area (Å²) in [4.78, 5) is 11.9. The summed E-state index contributed by atoms with van der Waals surface area (Å²) in [7, 11) is -4.23. The van der Waals surface area contributed by atoms with E-state index in [1.165, 1.54) is 30.3 Å². The zero-order chi connectivity index (χ0) is 19.5. The quantitative estimate of drug-likeness (QED) is 0.611. The lowest BCUT2D eigenvalue weighted by Gasteiger charge is -2.25. The van der Waals surface area contributed by atoms with Crippen molar-refractivity contribution in [3.05, 3.63) is 57.5 Å². The summed E-state index contributed by atoms with van der Waals surface area (Å²) >= 11 is 18.1. The molecule has 26 heavy (non-hydrogen) atoms. The summed E-state index contributed by atoms with van der Waals surface area (Å²) in [6.45, 7) is 2.77. The second-order valence-electron chi connectivity index (χ2n) is 5.58. The molecule has 140 valence electrons. The number of para-hydroxylation sites is 1. The zero-order valence-electron chi connectivity index (χ0n) is 13.9. The van der Waals surface area contributed by atoms with Crippen LogP contribution in [0.1, 0.15) is 13.8 Å². The van der Waals surface area contributed by atoms with Crippen molar-refractivity contribution in [1.82, 2.24) is 0 Å².